The van der Waals surface area contributed by atoms with Gasteiger partial charge in [0.1, 0.15) is 0 Å². The highest BCUT2D eigenvalue weighted by Gasteiger charge is 2.22. The number of fused-ring (bicyclic) bond motifs is 8. The first kappa shape index (κ1) is 31.6. The van der Waals surface area contributed by atoms with Crippen molar-refractivity contribution >= 4 is 81.1 Å². The van der Waals surface area contributed by atoms with Crippen molar-refractivity contribution in [3.8, 4) is 27.9 Å². The predicted molar refractivity (Wildman–Crippen MR) is 237 cm³/mol. The molecule has 3 heteroatoms. The van der Waals surface area contributed by atoms with Crippen molar-refractivity contribution < 1.29 is 0 Å². The number of nitrogens with zero attached hydrogens (tertiary/aromatic N) is 2. The third-order valence-electron chi connectivity index (χ3n) is 10.9. The fourth-order valence-corrected chi connectivity index (χ4v) is 9.52. The zero-order valence-electron chi connectivity index (χ0n) is 29.9. The van der Waals surface area contributed by atoms with Gasteiger partial charge in [-0.05, 0) is 107 Å². The third-order valence-corrected chi connectivity index (χ3v) is 12.1. The normalized spacial score (nSPS) is 11.6. The Morgan fingerprint density at radius 2 is 0.982 bits per heavy atom. The maximum Gasteiger partial charge on any atom is 0.0625 e. The molecule has 9 aromatic carbocycles. The van der Waals surface area contributed by atoms with Crippen LogP contribution >= 0.6 is 11.3 Å². The molecule has 0 N–H and O–H groups in total. The van der Waals surface area contributed by atoms with Crippen LogP contribution in [0.5, 0.6) is 0 Å². The van der Waals surface area contributed by atoms with Crippen LogP contribution in [0.2, 0.25) is 0 Å². The second-order valence-corrected chi connectivity index (χ2v) is 15.2. The van der Waals surface area contributed by atoms with Crippen molar-refractivity contribution in [2.75, 3.05) is 4.90 Å². The van der Waals surface area contributed by atoms with Gasteiger partial charge in [0.2, 0.25) is 0 Å². The summed E-state index contributed by atoms with van der Waals surface area (Å²) in [6.07, 6.45) is 0. The van der Waals surface area contributed by atoms with Crippen molar-refractivity contribution in [3.05, 3.63) is 206 Å². The lowest BCUT2D eigenvalue weighted by Gasteiger charge is -2.26. The average molecular weight is 719 g/mol. The molecule has 0 saturated heterocycles. The smallest absolute Gasteiger partial charge is 0.0625 e. The van der Waals surface area contributed by atoms with Crippen LogP contribution < -0.4 is 4.90 Å². The second kappa shape index (κ2) is 12.9. The quantitative estimate of drug-likeness (QED) is 0.166. The molecule has 2 aromatic heterocycles. The van der Waals surface area contributed by atoms with E-state index in [0.717, 1.165) is 22.7 Å². The van der Waals surface area contributed by atoms with E-state index in [1.165, 1.54) is 75.0 Å². The molecule has 11 aromatic rings. The van der Waals surface area contributed by atoms with E-state index in [1.807, 2.05) is 11.3 Å². The van der Waals surface area contributed by atoms with E-state index in [9.17, 15) is 0 Å². The highest BCUT2D eigenvalue weighted by atomic mass is 32.1. The minimum Gasteiger partial charge on any atom is -0.310 e. The predicted octanol–water partition coefficient (Wildman–Crippen LogP) is 15.1. The molecular formula is C52H34N2S. The molecule has 0 amide bonds. The lowest BCUT2D eigenvalue weighted by atomic mass is 9.94. The Labute approximate surface area is 323 Å². The molecule has 2 nitrogen and oxygen atoms in total. The molecular weight excluding hydrogens is 685 g/mol. The van der Waals surface area contributed by atoms with E-state index >= 15 is 0 Å². The molecule has 55 heavy (non-hydrogen) atoms. The van der Waals surface area contributed by atoms with Crippen LogP contribution in [-0.4, -0.2) is 4.57 Å². The molecule has 0 aliphatic carbocycles. The van der Waals surface area contributed by atoms with Crippen molar-refractivity contribution in [3.63, 3.8) is 0 Å². The van der Waals surface area contributed by atoms with E-state index in [-0.39, 0.29) is 0 Å². The topological polar surface area (TPSA) is 8.17 Å². The van der Waals surface area contributed by atoms with Crippen LogP contribution in [-0.2, 0) is 0 Å². The summed E-state index contributed by atoms with van der Waals surface area (Å²) in [6, 6.07) is 75.2. The van der Waals surface area contributed by atoms with E-state index in [1.54, 1.807) is 0 Å². The fraction of sp³-hybridized carbons (Fsp3) is 0. The Hall–Kier alpha value is -6.94. The Kier molecular flexibility index (Phi) is 7.39. The molecule has 0 radical (unpaired) electrons. The van der Waals surface area contributed by atoms with Crippen molar-refractivity contribution in [1.29, 1.82) is 0 Å². The lowest BCUT2D eigenvalue weighted by Crippen LogP contribution is -2.09. The van der Waals surface area contributed by atoms with E-state index in [2.05, 4.69) is 216 Å². The van der Waals surface area contributed by atoms with Gasteiger partial charge in [-0.25, -0.2) is 0 Å². The number of thiophene rings is 1. The van der Waals surface area contributed by atoms with Crippen molar-refractivity contribution in [2.24, 2.45) is 0 Å². The van der Waals surface area contributed by atoms with Crippen molar-refractivity contribution in [2.45, 2.75) is 0 Å². The SMILES string of the molecule is c1ccc(-c2ccc(N(c3ccccc3)c3ccc4c(c3)c3c(-c5ccc6sc7ccccc7c6c5)cc5ccccc5c3n4-c3ccccc3)cc2)cc1. The highest BCUT2D eigenvalue weighted by Crippen LogP contribution is 2.46. The molecule has 0 unspecified atom stereocenters. The number of hydrogen-bond donors (Lipinski definition) is 0. The monoisotopic (exact) mass is 718 g/mol. The number of para-hydroxylation sites is 2. The number of anilines is 3. The van der Waals surface area contributed by atoms with Crippen LogP contribution in [0.1, 0.15) is 0 Å². The Morgan fingerprint density at radius 3 is 1.78 bits per heavy atom. The van der Waals surface area contributed by atoms with E-state index in [0.29, 0.717) is 0 Å². The maximum absolute atomic E-state index is 2.47. The lowest BCUT2D eigenvalue weighted by molar-refractivity contribution is 1.18. The minimum atomic E-state index is 1.11. The Bertz CT molecular complexity index is 3180. The Balaban J connectivity index is 1.21. The number of hydrogen-bond acceptors (Lipinski definition) is 2. The summed E-state index contributed by atoms with van der Waals surface area (Å²) in [5.74, 6) is 0. The average Bonchev–Trinajstić information content (AvgIpc) is 3.81. The second-order valence-electron chi connectivity index (χ2n) is 14.1. The van der Waals surface area contributed by atoms with Gasteiger partial charge in [0.05, 0.1) is 11.0 Å². The van der Waals surface area contributed by atoms with Crippen LogP contribution in [0.15, 0.2) is 206 Å². The van der Waals surface area contributed by atoms with Gasteiger partial charge in [-0.3, -0.25) is 0 Å². The van der Waals surface area contributed by atoms with Crippen LogP contribution in [0.4, 0.5) is 17.1 Å². The van der Waals surface area contributed by atoms with Gasteiger partial charge in [-0.15, -0.1) is 11.3 Å². The van der Waals surface area contributed by atoms with Crippen LogP contribution in [0, 0.1) is 0 Å². The van der Waals surface area contributed by atoms with Gasteiger partial charge in [-0.1, -0.05) is 127 Å². The number of aromatic nitrogens is 1. The Morgan fingerprint density at radius 1 is 0.382 bits per heavy atom. The number of benzene rings is 9. The molecule has 2 heterocycles. The van der Waals surface area contributed by atoms with Gasteiger partial charge in [0.15, 0.2) is 0 Å². The summed E-state index contributed by atoms with van der Waals surface area (Å²) in [6.45, 7) is 0. The fourth-order valence-electron chi connectivity index (χ4n) is 8.44. The molecule has 0 atom stereocenters. The first-order chi connectivity index (χ1) is 27.3. The molecule has 11 rings (SSSR count). The van der Waals surface area contributed by atoms with E-state index < -0.39 is 0 Å². The zero-order chi connectivity index (χ0) is 36.3. The van der Waals surface area contributed by atoms with Crippen LogP contribution in [0.25, 0.3) is 80.7 Å². The van der Waals surface area contributed by atoms with Gasteiger partial charge in [-0.2, -0.15) is 0 Å². The molecule has 0 spiro atoms. The summed E-state index contributed by atoms with van der Waals surface area (Å²) in [5.41, 5.74) is 11.7. The van der Waals surface area contributed by atoms with Crippen molar-refractivity contribution in [1.82, 2.24) is 4.57 Å². The molecule has 0 saturated carbocycles. The molecule has 0 aliphatic heterocycles. The highest BCUT2D eigenvalue weighted by molar-refractivity contribution is 7.25. The van der Waals surface area contributed by atoms with Gasteiger partial charge in [0, 0.05) is 59.1 Å². The molecule has 0 fully saturated rings. The minimum absolute atomic E-state index is 1.11. The van der Waals surface area contributed by atoms with E-state index in [4.69, 9.17) is 0 Å². The summed E-state index contributed by atoms with van der Waals surface area (Å²) in [5, 5.41) is 7.56. The largest absolute Gasteiger partial charge is 0.310 e. The maximum atomic E-state index is 2.47. The zero-order valence-corrected chi connectivity index (χ0v) is 30.7. The summed E-state index contributed by atoms with van der Waals surface area (Å²) >= 11 is 1.87. The third kappa shape index (κ3) is 5.24. The first-order valence-electron chi connectivity index (χ1n) is 18.8. The molecule has 0 bridgehead atoms. The summed E-state index contributed by atoms with van der Waals surface area (Å²) in [7, 11) is 0. The van der Waals surface area contributed by atoms with Gasteiger partial charge >= 0.3 is 0 Å². The molecule has 258 valence electrons. The molecule has 0 aliphatic rings. The van der Waals surface area contributed by atoms with Crippen LogP contribution in [0.3, 0.4) is 0 Å². The number of rotatable bonds is 6. The summed E-state index contributed by atoms with van der Waals surface area (Å²) < 4.78 is 5.11. The van der Waals surface area contributed by atoms with Gasteiger partial charge in [0.25, 0.3) is 0 Å². The van der Waals surface area contributed by atoms with Gasteiger partial charge < -0.3 is 9.47 Å². The first-order valence-corrected chi connectivity index (χ1v) is 19.6. The standard InChI is InChI=1S/C52H34N2S/c1-4-14-35(15-5-1)36-24-27-41(28-25-36)53(39-17-6-2-7-18-39)42-29-30-48-47(34-42)51-45(38-26-31-50-46(33-38)44-22-12-13-23-49(44)55-50)32-37-16-10-11-21-43(37)52(51)54(48)40-19-8-3-9-20-40/h1-34H. The summed E-state index contributed by atoms with van der Waals surface area (Å²) in [4.78, 5) is 2.38.